The molecule has 0 aliphatic heterocycles. The van der Waals surface area contributed by atoms with Crippen LogP contribution < -0.4 is 0 Å². The SMILES string of the molecule is C=C1C(=O)[C@@]23CC[C@H]4[C@@](C)(CCC[C@@]4(C)C(=O)OCC(C)C)[C@@H]2CC[C@]1(OC(=O)CC)C3. The molecule has 4 rings (SSSR count). The maximum absolute atomic E-state index is 13.7. The Morgan fingerprint density at radius 3 is 2.44 bits per heavy atom. The number of hydrogen-bond donors (Lipinski definition) is 0. The molecule has 4 fully saturated rings. The van der Waals surface area contributed by atoms with Gasteiger partial charge in [-0.2, -0.15) is 0 Å². The molecule has 0 saturated heterocycles. The van der Waals surface area contributed by atoms with E-state index >= 15 is 0 Å². The normalized spacial score (nSPS) is 42.9. The third-order valence-corrected chi connectivity index (χ3v) is 9.64. The lowest BCUT2D eigenvalue weighted by molar-refractivity contribution is -0.196. The summed E-state index contributed by atoms with van der Waals surface area (Å²) in [5.74, 6) is 0.484. The molecule has 178 valence electrons. The number of ketones is 1. The van der Waals surface area contributed by atoms with Gasteiger partial charge in [0, 0.05) is 23.8 Å². The molecule has 0 heterocycles. The first-order chi connectivity index (χ1) is 14.9. The molecule has 0 radical (unpaired) electrons. The lowest BCUT2D eigenvalue weighted by Gasteiger charge is -2.63. The van der Waals surface area contributed by atoms with E-state index in [1.54, 1.807) is 6.92 Å². The fourth-order valence-electron chi connectivity index (χ4n) is 8.19. The van der Waals surface area contributed by atoms with Gasteiger partial charge in [-0.15, -0.1) is 0 Å². The van der Waals surface area contributed by atoms with Crippen molar-refractivity contribution in [3.05, 3.63) is 12.2 Å². The predicted octanol–water partition coefficient (Wildman–Crippen LogP) is 5.41. The Bertz CT molecular complexity index is 845. The minimum Gasteiger partial charge on any atom is -0.465 e. The molecule has 6 atom stereocenters. The molecule has 0 aromatic carbocycles. The zero-order chi connectivity index (χ0) is 23.5. The van der Waals surface area contributed by atoms with Crippen molar-refractivity contribution in [2.45, 2.75) is 98.0 Å². The fraction of sp³-hybridized carbons (Fsp3) is 0.815. The Hall–Kier alpha value is -1.65. The van der Waals surface area contributed by atoms with E-state index in [1.807, 2.05) is 0 Å². The average Bonchev–Trinajstić information content (AvgIpc) is 2.89. The van der Waals surface area contributed by atoms with Crippen LogP contribution >= 0.6 is 0 Å². The lowest BCUT2D eigenvalue weighted by Crippen LogP contribution is -2.60. The number of carbonyl (C=O) groups excluding carboxylic acids is 3. The molecular formula is C27H40O5. The van der Waals surface area contributed by atoms with E-state index in [1.165, 1.54) is 0 Å². The molecule has 0 aromatic rings. The quantitative estimate of drug-likeness (QED) is 0.419. The van der Waals surface area contributed by atoms with Crippen LogP contribution in [0, 0.1) is 34.0 Å². The zero-order valence-electron chi connectivity index (χ0n) is 20.6. The summed E-state index contributed by atoms with van der Waals surface area (Å²) in [6.45, 7) is 14.9. The molecule has 0 N–H and O–H groups in total. The average molecular weight is 445 g/mol. The number of ether oxygens (including phenoxy) is 2. The van der Waals surface area contributed by atoms with Gasteiger partial charge in [0.1, 0.15) is 5.60 Å². The summed E-state index contributed by atoms with van der Waals surface area (Å²) in [5, 5.41) is 0. The molecule has 5 nitrogen and oxygen atoms in total. The molecule has 1 spiro atoms. The summed E-state index contributed by atoms with van der Waals surface area (Å²) in [6, 6.07) is 0. The van der Waals surface area contributed by atoms with Crippen LogP contribution in [-0.4, -0.2) is 29.9 Å². The number of Topliss-reactive ketones (excluding diaryl/α,β-unsaturated/α-hetero) is 1. The van der Waals surface area contributed by atoms with Gasteiger partial charge in [0.25, 0.3) is 0 Å². The van der Waals surface area contributed by atoms with Gasteiger partial charge in [-0.1, -0.05) is 40.7 Å². The summed E-state index contributed by atoms with van der Waals surface area (Å²) < 4.78 is 11.7. The Labute approximate surface area is 192 Å². The van der Waals surface area contributed by atoms with Gasteiger partial charge in [0.2, 0.25) is 0 Å². The third-order valence-electron chi connectivity index (χ3n) is 9.64. The number of hydrogen-bond acceptors (Lipinski definition) is 5. The summed E-state index contributed by atoms with van der Waals surface area (Å²) in [6.07, 6.45) is 6.80. The highest BCUT2D eigenvalue weighted by Gasteiger charge is 2.72. The minimum atomic E-state index is -0.821. The van der Waals surface area contributed by atoms with Gasteiger partial charge in [0.15, 0.2) is 5.78 Å². The van der Waals surface area contributed by atoms with E-state index in [2.05, 4.69) is 34.3 Å². The van der Waals surface area contributed by atoms with Crippen LogP contribution in [0.25, 0.3) is 0 Å². The summed E-state index contributed by atoms with van der Waals surface area (Å²) >= 11 is 0. The van der Waals surface area contributed by atoms with Gasteiger partial charge in [-0.3, -0.25) is 14.4 Å². The Morgan fingerprint density at radius 1 is 1.09 bits per heavy atom. The topological polar surface area (TPSA) is 69.7 Å². The van der Waals surface area contributed by atoms with Gasteiger partial charge in [0.05, 0.1) is 12.0 Å². The van der Waals surface area contributed by atoms with Crippen LogP contribution in [0.5, 0.6) is 0 Å². The molecule has 0 aromatic heterocycles. The molecule has 2 bridgehead atoms. The second-order valence-corrected chi connectivity index (χ2v) is 11.9. The zero-order valence-corrected chi connectivity index (χ0v) is 20.6. The van der Waals surface area contributed by atoms with Crippen molar-refractivity contribution >= 4 is 17.7 Å². The van der Waals surface area contributed by atoms with E-state index < -0.39 is 16.4 Å². The highest BCUT2D eigenvalue weighted by atomic mass is 16.6. The summed E-state index contributed by atoms with van der Waals surface area (Å²) in [5.41, 5.74) is -1.44. The van der Waals surface area contributed by atoms with Crippen LogP contribution in [0.3, 0.4) is 0 Å². The van der Waals surface area contributed by atoms with Crippen LogP contribution in [0.4, 0.5) is 0 Å². The van der Waals surface area contributed by atoms with Crippen molar-refractivity contribution in [3.63, 3.8) is 0 Å². The van der Waals surface area contributed by atoms with Crippen molar-refractivity contribution in [2.75, 3.05) is 6.61 Å². The number of carbonyl (C=O) groups is 3. The third kappa shape index (κ3) is 3.13. The maximum atomic E-state index is 13.7. The highest BCUT2D eigenvalue weighted by Crippen LogP contribution is 2.72. The summed E-state index contributed by atoms with van der Waals surface area (Å²) in [7, 11) is 0. The second kappa shape index (κ2) is 7.70. The standard InChI is InChI=1S/C27H40O5/c1-7-21(28)32-27-14-10-20-24(5)11-8-12-25(6,23(30)31-15-17(2)3)19(24)9-13-26(20,16-27)22(29)18(27)4/h17,19-20H,4,7-16H2,1-3,5-6H3/t19-,20-,24+,25+,26+,27-/m0/s1. The largest absolute Gasteiger partial charge is 0.465 e. The number of rotatable bonds is 5. The number of esters is 2. The second-order valence-electron chi connectivity index (χ2n) is 11.9. The van der Waals surface area contributed by atoms with Crippen molar-refractivity contribution in [2.24, 2.45) is 34.0 Å². The van der Waals surface area contributed by atoms with E-state index in [-0.39, 0.29) is 35.0 Å². The first-order valence-electron chi connectivity index (χ1n) is 12.6. The van der Waals surface area contributed by atoms with Crippen LogP contribution in [0.2, 0.25) is 0 Å². The van der Waals surface area contributed by atoms with Crippen LogP contribution in [0.15, 0.2) is 12.2 Å². The molecular weight excluding hydrogens is 404 g/mol. The van der Waals surface area contributed by atoms with Gasteiger partial charge in [-0.05, 0) is 68.6 Å². The Balaban J connectivity index is 1.66. The van der Waals surface area contributed by atoms with Crippen molar-refractivity contribution in [3.8, 4) is 0 Å². The van der Waals surface area contributed by atoms with E-state index in [9.17, 15) is 14.4 Å². The van der Waals surface area contributed by atoms with Gasteiger partial charge < -0.3 is 9.47 Å². The van der Waals surface area contributed by atoms with E-state index in [0.717, 1.165) is 38.5 Å². The van der Waals surface area contributed by atoms with Gasteiger partial charge >= 0.3 is 11.9 Å². The summed E-state index contributed by atoms with van der Waals surface area (Å²) in [4.78, 5) is 39.2. The molecule has 4 aliphatic rings. The number of fused-ring (bicyclic) bond motifs is 3. The first-order valence-corrected chi connectivity index (χ1v) is 12.6. The van der Waals surface area contributed by atoms with Crippen LogP contribution in [0.1, 0.15) is 92.4 Å². The molecule has 0 amide bonds. The monoisotopic (exact) mass is 444 g/mol. The molecule has 4 saturated carbocycles. The van der Waals surface area contributed by atoms with Crippen molar-refractivity contribution in [1.82, 2.24) is 0 Å². The molecule has 5 heteroatoms. The van der Waals surface area contributed by atoms with Crippen LogP contribution in [-0.2, 0) is 23.9 Å². The van der Waals surface area contributed by atoms with Crippen molar-refractivity contribution in [1.29, 1.82) is 0 Å². The van der Waals surface area contributed by atoms with E-state index in [4.69, 9.17) is 9.47 Å². The minimum absolute atomic E-state index is 0.0673. The van der Waals surface area contributed by atoms with Gasteiger partial charge in [-0.25, -0.2) is 0 Å². The Kier molecular flexibility index (Phi) is 5.66. The molecule has 4 aliphatic carbocycles. The molecule has 32 heavy (non-hydrogen) atoms. The first kappa shape index (κ1) is 23.5. The maximum Gasteiger partial charge on any atom is 0.312 e. The predicted molar refractivity (Wildman–Crippen MR) is 122 cm³/mol. The van der Waals surface area contributed by atoms with Crippen molar-refractivity contribution < 1.29 is 23.9 Å². The highest BCUT2D eigenvalue weighted by molar-refractivity contribution is 6.05. The molecule has 0 unspecified atom stereocenters. The lowest BCUT2D eigenvalue weighted by atomic mass is 9.40. The smallest absolute Gasteiger partial charge is 0.312 e. The van der Waals surface area contributed by atoms with E-state index in [0.29, 0.717) is 37.4 Å². The Morgan fingerprint density at radius 2 is 1.78 bits per heavy atom. The fourth-order valence-corrected chi connectivity index (χ4v) is 8.19.